The molecule has 3 N–H and O–H groups in total. The normalized spacial score (nSPS) is 24.2. The Morgan fingerprint density at radius 3 is 2.52 bits per heavy atom. The number of carbonyl (C=O) groups is 1. The quantitative estimate of drug-likeness (QED) is 0.801. The van der Waals surface area contributed by atoms with Crippen molar-refractivity contribution in [3.63, 3.8) is 0 Å². The van der Waals surface area contributed by atoms with Gasteiger partial charge in [-0.15, -0.1) is 12.4 Å². The first-order valence-electron chi connectivity index (χ1n) is 8.61. The summed E-state index contributed by atoms with van der Waals surface area (Å²) >= 11 is 0. The number of amides is 1. The molecule has 5 nitrogen and oxygen atoms in total. The van der Waals surface area contributed by atoms with E-state index in [1.807, 2.05) is 59.7 Å². The minimum atomic E-state index is -0.923. The molecule has 142 valence electrons. The highest BCUT2D eigenvalue weighted by atomic mass is 35.5. The molecule has 1 aliphatic rings. The van der Waals surface area contributed by atoms with E-state index in [2.05, 4.69) is 5.32 Å². The molecule has 2 unspecified atom stereocenters. The molecule has 1 aromatic rings. The van der Waals surface area contributed by atoms with Crippen LogP contribution in [0.25, 0.3) is 0 Å². The summed E-state index contributed by atoms with van der Waals surface area (Å²) in [5.74, 6) is 0.659. The fourth-order valence-electron chi connectivity index (χ4n) is 3.18. The molecule has 0 bridgehead atoms. The van der Waals surface area contributed by atoms with Gasteiger partial charge in [0.2, 0.25) is 5.91 Å². The maximum Gasteiger partial charge on any atom is 0.245 e. The van der Waals surface area contributed by atoms with Crippen LogP contribution in [0.15, 0.2) is 18.2 Å². The van der Waals surface area contributed by atoms with Gasteiger partial charge in [-0.2, -0.15) is 0 Å². The highest BCUT2D eigenvalue weighted by molar-refractivity contribution is 5.99. The van der Waals surface area contributed by atoms with E-state index < -0.39 is 11.0 Å². The predicted molar refractivity (Wildman–Crippen MR) is 104 cm³/mol. The molecule has 25 heavy (non-hydrogen) atoms. The number of hydrogen-bond acceptors (Lipinski definition) is 4. The van der Waals surface area contributed by atoms with Crippen molar-refractivity contribution >= 4 is 24.0 Å². The van der Waals surface area contributed by atoms with Crippen LogP contribution in [-0.4, -0.2) is 30.3 Å². The Labute approximate surface area is 157 Å². The maximum absolute atomic E-state index is 12.7. The third kappa shape index (κ3) is 4.10. The van der Waals surface area contributed by atoms with Gasteiger partial charge in [0.25, 0.3) is 0 Å². The van der Waals surface area contributed by atoms with Crippen molar-refractivity contribution in [1.82, 2.24) is 0 Å². The van der Waals surface area contributed by atoms with Crippen molar-refractivity contribution in [2.75, 3.05) is 11.9 Å². The molecule has 0 radical (unpaired) electrons. The lowest BCUT2D eigenvalue weighted by Gasteiger charge is -2.57. The van der Waals surface area contributed by atoms with Gasteiger partial charge in [0.15, 0.2) is 0 Å². The molecule has 1 aromatic carbocycles. The SMILES string of the molecule is CCOC1CC(N)(C(=O)Nc2ccc(OC(C)C)c(C)c2)C1(C)C.Cl. The van der Waals surface area contributed by atoms with Gasteiger partial charge in [0, 0.05) is 24.1 Å². The number of anilines is 1. The van der Waals surface area contributed by atoms with E-state index in [-0.39, 0.29) is 30.5 Å². The van der Waals surface area contributed by atoms with Crippen LogP contribution in [-0.2, 0) is 9.53 Å². The van der Waals surface area contributed by atoms with Gasteiger partial charge in [-0.25, -0.2) is 0 Å². The number of rotatable bonds is 6. The predicted octanol–water partition coefficient (Wildman–Crippen LogP) is 3.68. The summed E-state index contributed by atoms with van der Waals surface area (Å²) in [6.07, 6.45) is 0.664. The Morgan fingerprint density at radius 2 is 2.04 bits per heavy atom. The number of ether oxygens (including phenoxy) is 2. The third-order valence-corrected chi connectivity index (χ3v) is 5.03. The van der Waals surface area contributed by atoms with Crippen LogP contribution >= 0.6 is 12.4 Å². The van der Waals surface area contributed by atoms with Gasteiger partial charge in [-0.1, -0.05) is 13.8 Å². The topological polar surface area (TPSA) is 73.6 Å². The molecular weight excluding hydrogens is 340 g/mol. The summed E-state index contributed by atoms with van der Waals surface area (Å²) in [6.45, 7) is 12.5. The third-order valence-electron chi connectivity index (χ3n) is 5.03. The molecule has 1 fully saturated rings. The summed E-state index contributed by atoms with van der Waals surface area (Å²) in [5, 5.41) is 2.95. The number of nitrogens with two attached hydrogens (primary N) is 1. The van der Waals surface area contributed by atoms with Crippen LogP contribution in [0.4, 0.5) is 5.69 Å². The van der Waals surface area contributed by atoms with E-state index in [4.69, 9.17) is 15.2 Å². The van der Waals surface area contributed by atoms with Crippen molar-refractivity contribution in [3.8, 4) is 5.75 Å². The van der Waals surface area contributed by atoms with E-state index in [0.29, 0.717) is 13.0 Å². The highest BCUT2D eigenvalue weighted by Gasteiger charge is 2.62. The van der Waals surface area contributed by atoms with Gasteiger partial charge in [0.05, 0.1) is 12.2 Å². The molecule has 2 atom stereocenters. The molecule has 0 heterocycles. The molecule has 0 saturated heterocycles. The van der Waals surface area contributed by atoms with Crippen LogP contribution in [0.5, 0.6) is 5.75 Å². The second-order valence-corrected chi connectivity index (χ2v) is 7.44. The highest BCUT2D eigenvalue weighted by Crippen LogP contribution is 2.50. The van der Waals surface area contributed by atoms with Crippen molar-refractivity contribution in [1.29, 1.82) is 0 Å². The first-order chi connectivity index (χ1) is 11.1. The molecule has 2 rings (SSSR count). The largest absolute Gasteiger partial charge is 0.491 e. The molecule has 1 saturated carbocycles. The van der Waals surface area contributed by atoms with Crippen LogP contribution < -0.4 is 15.8 Å². The zero-order chi connectivity index (χ0) is 18.1. The monoisotopic (exact) mass is 370 g/mol. The van der Waals surface area contributed by atoms with Gasteiger partial charge in [-0.3, -0.25) is 4.79 Å². The van der Waals surface area contributed by atoms with E-state index in [0.717, 1.165) is 17.0 Å². The minimum absolute atomic E-state index is 0. The molecule has 0 aromatic heterocycles. The molecule has 1 amide bonds. The summed E-state index contributed by atoms with van der Waals surface area (Å²) < 4.78 is 11.4. The van der Waals surface area contributed by atoms with Gasteiger partial charge < -0.3 is 20.5 Å². The summed E-state index contributed by atoms with van der Waals surface area (Å²) in [7, 11) is 0. The van der Waals surface area contributed by atoms with Crippen LogP contribution in [0.3, 0.4) is 0 Å². The average molecular weight is 371 g/mol. The maximum atomic E-state index is 12.7. The van der Waals surface area contributed by atoms with Gasteiger partial charge >= 0.3 is 0 Å². The van der Waals surface area contributed by atoms with Crippen molar-refractivity contribution < 1.29 is 14.3 Å². The Balaban J connectivity index is 0.00000312. The van der Waals surface area contributed by atoms with E-state index >= 15 is 0 Å². The first-order valence-corrected chi connectivity index (χ1v) is 8.61. The fraction of sp³-hybridized carbons (Fsp3) is 0.632. The molecule has 0 aliphatic heterocycles. The summed E-state index contributed by atoms with van der Waals surface area (Å²) in [5.41, 5.74) is 6.80. The van der Waals surface area contributed by atoms with Crippen molar-refractivity contribution in [2.45, 2.75) is 65.7 Å². The zero-order valence-electron chi connectivity index (χ0n) is 16.0. The Kier molecular flexibility index (Phi) is 6.90. The molecule has 0 spiro atoms. The zero-order valence-corrected chi connectivity index (χ0v) is 16.8. The number of benzene rings is 1. The number of aryl methyl sites for hydroxylation is 1. The summed E-state index contributed by atoms with van der Waals surface area (Å²) in [6, 6.07) is 5.63. The summed E-state index contributed by atoms with van der Waals surface area (Å²) in [4.78, 5) is 12.7. The smallest absolute Gasteiger partial charge is 0.245 e. The number of hydrogen-bond donors (Lipinski definition) is 2. The minimum Gasteiger partial charge on any atom is -0.491 e. The van der Waals surface area contributed by atoms with Crippen LogP contribution in [0.2, 0.25) is 0 Å². The van der Waals surface area contributed by atoms with Gasteiger partial charge in [0.1, 0.15) is 11.3 Å². The lowest BCUT2D eigenvalue weighted by atomic mass is 9.54. The molecule has 1 aliphatic carbocycles. The molecule has 6 heteroatoms. The lowest BCUT2D eigenvalue weighted by molar-refractivity contribution is -0.166. The Hall–Kier alpha value is -1.30. The number of halogens is 1. The van der Waals surface area contributed by atoms with E-state index in [9.17, 15) is 4.79 Å². The molecular formula is C19H31ClN2O3. The fourth-order valence-corrected chi connectivity index (χ4v) is 3.18. The van der Waals surface area contributed by atoms with Crippen molar-refractivity contribution in [3.05, 3.63) is 23.8 Å². The van der Waals surface area contributed by atoms with Crippen LogP contribution in [0, 0.1) is 12.3 Å². The average Bonchev–Trinajstić information content (AvgIpc) is 2.49. The second-order valence-electron chi connectivity index (χ2n) is 7.44. The van der Waals surface area contributed by atoms with Gasteiger partial charge in [-0.05, 0) is 51.5 Å². The van der Waals surface area contributed by atoms with Crippen LogP contribution in [0.1, 0.15) is 46.6 Å². The Bertz CT molecular complexity index is 619. The van der Waals surface area contributed by atoms with E-state index in [1.54, 1.807) is 0 Å². The van der Waals surface area contributed by atoms with Crippen molar-refractivity contribution in [2.24, 2.45) is 11.1 Å². The number of carbonyl (C=O) groups excluding carboxylic acids is 1. The lowest BCUT2D eigenvalue weighted by Crippen LogP contribution is -2.74. The van der Waals surface area contributed by atoms with E-state index in [1.165, 1.54) is 0 Å². The number of nitrogens with one attached hydrogen (secondary N) is 1. The Morgan fingerprint density at radius 1 is 1.40 bits per heavy atom. The standard InChI is InChI=1S/C19H30N2O3.ClH/c1-7-23-16-11-19(20,18(16,5)6)17(22)21-14-8-9-15(13(4)10-14)24-12(2)3;/h8-10,12,16H,7,11,20H2,1-6H3,(H,21,22);1H. The first kappa shape index (κ1) is 21.7. The second kappa shape index (κ2) is 7.94.